The summed E-state index contributed by atoms with van der Waals surface area (Å²) in [6, 6.07) is 19.2. The lowest BCUT2D eigenvalue weighted by atomic mass is 9.87. The van der Waals surface area contributed by atoms with E-state index < -0.39 is 0 Å². The highest BCUT2D eigenvalue weighted by molar-refractivity contribution is 5.91. The van der Waals surface area contributed by atoms with Gasteiger partial charge in [-0.2, -0.15) is 0 Å². The summed E-state index contributed by atoms with van der Waals surface area (Å²) in [5.41, 5.74) is 4.27. The molecule has 0 aliphatic heterocycles. The molecule has 0 saturated heterocycles. The number of amides is 1. The van der Waals surface area contributed by atoms with Crippen LogP contribution in [0.5, 0.6) is 0 Å². The van der Waals surface area contributed by atoms with E-state index >= 15 is 0 Å². The molecule has 1 heterocycles. The fraction of sp³-hybridized carbons (Fsp3) is 0.385. The molecule has 1 amide bonds. The van der Waals surface area contributed by atoms with E-state index in [1.54, 1.807) is 11.9 Å². The van der Waals surface area contributed by atoms with Gasteiger partial charge < -0.3 is 9.32 Å². The monoisotopic (exact) mass is 419 g/mol. The second kappa shape index (κ2) is 9.92. The predicted molar refractivity (Wildman–Crippen MR) is 124 cm³/mol. The Morgan fingerprint density at radius 1 is 0.935 bits per heavy atom. The Bertz CT molecular complexity index is 972. The van der Waals surface area contributed by atoms with E-state index in [1.165, 1.54) is 23.0 Å². The molecule has 0 aliphatic rings. The van der Waals surface area contributed by atoms with Crippen molar-refractivity contribution in [2.75, 3.05) is 13.6 Å². The minimum absolute atomic E-state index is 0.120. The van der Waals surface area contributed by atoms with Crippen LogP contribution in [0.25, 0.3) is 0 Å². The van der Waals surface area contributed by atoms with Crippen LogP contribution < -0.4 is 0 Å². The highest BCUT2D eigenvalue weighted by Crippen LogP contribution is 2.23. The third-order valence-corrected chi connectivity index (χ3v) is 5.43. The van der Waals surface area contributed by atoms with Crippen molar-refractivity contribution in [1.29, 1.82) is 0 Å². The number of carbonyl (C=O) groups is 1. The third-order valence-electron chi connectivity index (χ3n) is 5.43. The van der Waals surface area contributed by atoms with Gasteiger partial charge in [0.2, 0.25) is 5.89 Å². The summed E-state index contributed by atoms with van der Waals surface area (Å²) in [5, 5.41) is 0. The van der Waals surface area contributed by atoms with Gasteiger partial charge in [0.15, 0.2) is 5.69 Å². The molecule has 1 aromatic heterocycles. The van der Waals surface area contributed by atoms with Crippen LogP contribution >= 0.6 is 0 Å². The Balaban J connectivity index is 1.77. The van der Waals surface area contributed by atoms with Gasteiger partial charge in [0.05, 0.1) is 6.54 Å². The van der Waals surface area contributed by atoms with Crippen LogP contribution in [0.4, 0.5) is 0 Å². The van der Waals surface area contributed by atoms with E-state index in [1.807, 2.05) is 25.1 Å². The Labute approximate surface area is 185 Å². The number of carbonyl (C=O) groups excluding carboxylic acids is 1. The Kier molecular flexibility index (Phi) is 7.29. The van der Waals surface area contributed by atoms with Gasteiger partial charge in [-0.1, -0.05) is 75.4 Å². The lowest BCUT2D eigenvalue weighted by Gasteiger charge is -2.23. The summed E-state index contributed by atoms with van der Waals surface area (Å²) in [4.78, 5) is 20.7. The Morgan fingerprint density at radius 3 is 2.13 bits per heavy atom. The predicted octanol–water partition coefficient (Wildman–Crippen LogP) is 5.27. The quantitative estimate of drug-likeness (QED) is 0.499. The molecule has 0 spiro atoms. The molecule has 0 bridgehead atoms. The molecule has 164 valence electrons. The Morgan fingerprint density at radius 2 is 1.55 bits per heavy atom. The summed E-state index contributed by atoms with van der Waals surface area (Å²) in [7, 11) is 1.76. The first-order valence-electron chi connectivity index (χ1n) is 10.8. The van der Waals surface area contributed by atoms with Crippen molar-refractivity contribution >= 4 is 5.91 Å². The standard InChI is InChI=1S/C26H33N3O2/c1-6-28(5)25(30)23-19-31-24(27-23)18-29(16-20-10-8-7-9-11-20)17-21-12-14-22(15-13-21)26(2,3)4/h7-15,19H,6,16-18H2,1-5H3. The largest absolute Gasteiger partial charge is 0.447 e. The number of hydrogen-bond donors (Lipinski definition) is 0. The van der Waals surface area contributed by atoms with E-state index in [0.717, 1.165) is 13.1 Å². The van der Waals surface area contributed by atoms with Crippen LogP contribution in [0.2, 0.25) is 0 Å². The van der Waals surface area contributed by atoms with Crippen molar-refractivity contribution < 1.29 is 9.21 Å². The minimum atomic E-state index is -0.120. The normalized spacial score (nSPS) is 11.7. The van der Waals surface area contributed by atoms with Crippen molar-refractivity contribution in [1.82, 2.24) is 14.8 Å². The third kappa shape index (κ3) is 6.28. The average molecular weight is 420 g/mol. The average Bonchev–Trinajstić information content (AvgIpc) is 3.21. The fourth-order valence-electron chi connectivity index (χ4n) is 3.39. The zero-order chi connectivity index (χ0) is 22.4. The highest BCUT2D eigenvalue weighted by Gasteiger charge is 2.18. The van der Waals surface area contributed by atoms with Crippen LogP contribution in [0.15, 0.2) is 65.3 Å². The number of rotatable bonds is 8. The molecule has 31 heavy (non-hydrogen) atoms. The summed E-state index contributed by atoms with van der Waals surface area (Å²) in [5.74, 6) is 0.431. The summed E-state index contributed by atoms with van der Waals surface area (Å²) < 4.78 is 5.65. The van der Waals surface area contributed by atoms with Gasteiger partial charge in [0.1, 0.15) is 6.26 Å². The molecular weight excluding hydrogens is 386 g/mol. The molecule has 0 fully saturated rings. The van der Waals surface area contributed by atoms with Crippen LogP contribution in [0, 0.1) is 0 Å². The van der Waals surface area contributed by atoms with Gasteiger partial charge in [-0.05, 0) is 29.0 Å². The van der Waals surface area contributed by atoms with Gasteiger partial charge >= 0.3 is 0 Å². The zero-order valence-corrected chi connectivity index (χ0v) is 19.3. The van der Waals surface area contributed by atoms with Crippen molar-refractivity contribution in [2.45, 2.75) is 52.7 Å². The number of oxazole rings is 1. The SMILES string of the molecule is CCN(C)C(=O)c1coc(CN(Cc2ccccc2)Cc2ccc(C(C)(C)C)cc2)n1. The second-order valence-corrected chi connectivity index (χ2v) is 9.02. The number of aromatic nitrogens is 1. The van der Waals surface area contributed by atoms with Crippen LogP contribution in [-0.2, 0) is 25.0 Å². The highest BCUT2D eigenvalue weighted by atomic mass is 16.3. The van der Waals surface area contributed by atoms with Gasteiger partial charge in [0, 0.05) is 26.7 Å². The molecular formula is C26H33N3O2. The molecule has 3 rings (SSSR count). The van der Waals surface area contributed by atoms with Gasteiger partial charge in [-0.3, -0.25) is 9.69 Å². The molecule has 0 radical (unpaired) electrons. The molecule has 0 N–H and O–H groups in total. The molecule has 2 aromatic carbocycles. The topological polar surface area (TPSA) is 49.6 Å². The summed E-state index contributed by atoms with van der Waals surface area (Å²) in [6.07, 6.45) is 1.46. The first-order chi connectivity index (χ1) is 14.8. The van der Waals surface area contributed by atoms with Gasteiger partial charge in [-0.15, -0.1) is 0 Å². The van der Waals surface area contributed by atoms with E-state index in [9.17, 15) is 4.79 Å². The summed E-state index contributed by atoms with van der Waals surface area (Å²) >= 11 is 0. The molecule has 5 nitrogen and oxygen atoms in total. The molecule has 0 unspecified atom stereocenters. The lowest BCUT2D eigenvalue weighted by Crippen LogP contribution is -2.26. The smallest absolute Gasteiger partial charge is 0.275 e. The number of hydrogen-bond acceptors (Lipinski definition) is 4. The maximum atomic E-state index is 12.4. The number of nitrogens with zero attached hydrogens (tertiary/aromatic N) is 3. The maximum Gasteiger partial charge on any atom is 0.275 e. The van der Waals surface area contributed by atoms with E-state index in [0.29, 0.717) is 24.7 Å². The molecule has 0 aliphatic carbocycles. The zero-order valence-electron chi connectivity index (χ0n) is 19.3. The van der Waals surface area contributed by atoms with E-state index in [4.69, 9.17) is 4.42 Å². The van der Waals surface area contributed by atoms with Crippen molar-refractivity contribution in [3.05, 3.63) is 89.1 Å². The van der Waals surface area contributed by atoms with E-state index in [-0.39, 0.29) is 11.3 Å². The lowest BCUT2D eigenvalue weighted by molar-refractivity contribution is 0.0796. The first kappa shape index (κ1) is 22.8. The molecule has 0 atom stereocenters. The molecule has 5 heteroatoms. The van der Waals surface area contributed by atoms with Crippen molar-refractivity contribution in [3.63, 3.8) is 0 Å². The fourth-order valence-corrected chi connectivity index (χ4v) is 3.39. The minimum Gasteiger partial charge on any atom is -0.447 e. The van der Waals surface area contributed by atoms with Crippen LogP contribution in [0.1, 0.15) is 60.8 Å². The molecule has 3 aromatic rings. The van der Waals surface area contributed by atoms with Crippen molar-refractivity contribution in [3.8, 4) is 0 Å². The maximum absolute atomic E-state index is 12.4. The number of benzene rings is 2. The van der Waals surface area contributed by atoms with Gasteiger partial charge in [0.25, 0.3) is 5.91 Å². The Hall–Kier alpha value is -2.92. The van der Waals surface area contributed by atoms with E-state index in [2.05, 4.69) is 67.1 Å². The summed E-state index contributed by atoms with van der Waals surface area (Å²) in [6.45, 7) is 11.3. The second-order valence-electron chi connectivity index (χ2n) is 9.02. The van der Waals surface area contributed by atoms with Crippen LogP contribution in [0.3, 0.4) is 0 Å². The first-order valence-corrected chi connectivity index (χ1v) is 10.8. The van der Waals surface area contributed by atoms with Gasteiger partial charge in [-0.25, -0.2) is 4.98 Å². The van der Waals surface area contributed by atoms with Crippen LogP contribution in [-0.4, -0.2) is 34.3 Å². The van der Waals surface area contributed by atoms with Crippen molar-refractivity contribution in [2.24, 2.45) is 0 Å². The molecule has 0 saturated carbocycles.